The molecule has 0 radical (unpaired) electrons. The molecule has 13 aromatic rings. The van der Waals surface area contributed by atoms with Crippen molar-refractivity contribution < 1.29 is 13.2 Å². The van der Waals surface area contributed by atoms with Crippen molar-refractivity contribution in [2.75, 3.05) is 0 Å². The average molecular weight is 1080 g/mol. The van der Waals surface area contributed by atoms with Crippen LogP contribution in [0.3, 0.4) is 0 Å². The zero-order valence-electron chi connectivity index (χ0n) is 48.0. The largest absolute Gasteiger partial charge is 0.417 e. The third-order valence-electron chi connectivity index (χ3n) is 16.5. The van der Waals surface area contributed by atoms with Crippen LogP contribution in [-0.2, 0) is 6.18 Å². The Bertz CT molecular complexity index is 4600. The zero-order chi connectivity index (χ0) is 57.7. The molecule has 404 valence electrons. The molecule has 0 aliphatic heterocycles. The molecule has 0 saturated carbocycles. The van der Waals surface area contributed by atoms with Gasteiger partial charge in [-0.15, -0.1) is 0 Å². The summed E-state index contributed by atoms with van der Waals surface area (Å²) in [6.45, 7) is 27.7. The van der Waals surface area contributed by atoms with Crippen LogP contribution < -0.4 is 0 Å². The summed E-state index contributed by atoms with van der Waals surface area (Å²) in [7, 11) is 0. The van der Waals surface area contributed by atoms with Gasteiger partial charge in [-0.05, 0) is 202 Å². The summed E-state index contributed by atoms with van der Waals surface area (Å²) >= 11 is 0. The fraction of sp³-hybridized carbons (Fsp3) is 0.130. The molecule has 6 heteroatoms. The molecule has 0 saturated heterocycles. The number of aromatic nitrogens is 2. The number of hydrogen-bond donors (Lipinski definition) is 0. The van der Waals surface area contributed by atoms with Gasteiger partial charge in [0.2, 0.25) is 0 Å². The number of fused-ring (bicyclic) bond motifs is 6. The second kappa shape index (κ2) is 20.1. The molecule has 0 N–H and O–H groups in total. The van der Waals surface area contributed by atoms with Gasteiger partial charge in [-0.1, -0.05) is 172 Å². The molecular weight excluding hydrogens is 1020 g/mol. The maximum Gasteiger partial charge on any atom is 0.417 e. The second-order valence-electron chi connectivity index (χ2n) is 23.1. The molecule has 0 atom stereocenters. The topological polar surface area (TPSA) is 14.2 Å². The first-order valence-electron chi connectivity index (χ1n) is 28.2. The molecule has 0 aliphatic carbocycles. The lowest BCUT2D eigenvalue weighted by atomic mass is 9.90. The lowest BCUT2D eigenvalue weighted by molar-refractivity contribution is -0.137. The van der Waals surface area contributed by atoms with Gasteiger partial charge in [0.25, 0.3) is 0 Å². The predicted molar refractivity (Wildman–Crippen MR) is 342 cm³/mol. The minimum atomic E-state index is -4.64. The van der Waals surface area contributed by atoms with Gasteiger partial charge in [-0.3, -0.25) is 0 Å². The smallest absolute Gasteiger partial charge is 0.310 e. The van der Waals surface area contributed by atoms with E-state index in [0.29, 0.717) is 27.9 Å². The van der Waals surface area contributed by atoms with Gasteiger partial charge in [0, 0.05) is 32.8 Å². The van der Waals surface area contributed by atoms with E-state index in [9.17, 15) is 0 Å². The standard InChI is InChI=1S/C77H60F3N3/c1-44-27-45(2)32-58(31-44)53-17-22-69-62(39-53)63-40-54(59-33-46(3)28-47(4)34-59)18-23-70(63)82(69)73-26-21-57(75-52(9)13-11-14-67(75)77(78,79)80)43-66(73)76-68(81-10)15-12-16-74(76)83-71-24-19-55(60-35-48(5)29-49(6)36-60)41-64(71)65-42-56(20-25-72(65)83)61-37-50(7)30-51(8)38-61/h11-43H,1-9H3. The minimum Gasteiger partial charge on any atom is -0.310 e. The Hall–Kier alpha value is -9.70. The molecule has 13 rings (SSSR count). The molecular formula is C77H60F3N3. The number of hydrogen-bond acceptors (Lipinski definition) is 0. The van der Waals surface area contributed by atoms with Crippen LogP contribution in [0.25, 0.3) is 127 Å². The Balaban J connectivity index is 1.14. The van der Waals surface area contributed by atoms with Gasteiger partial charge in [-0.2, -0.15) is 13.2 Å². The van der Waals surface area contributed by atoms with E-state index in [1.807, 2.05) is 30.3 Å². The van der Waals surface area contributed by atoms with Crippen LogP contribution in [0.5, 0.6) is 0 Å². The van der Waals surface area contributed by atoms with Crippen molar-refractivity contribution in [2.45, 2.75) is 68.5 Å². The summed E-state index contributed by atoms with van der Waals surface area (Å²) in [5.41, 5.74) is 25.2. The van der Waals surface area contributed by atoms with Gasteiger partial charge >= 0.3 is 6.18 Å². The Kier molecular flexibility index (Phi) is 12.7. The molecule has 83 heavy (non-hydrogen) atoms. The van der Waals surface area contributed by atoms with Crippen molar-refractivity contribution in [3.05, 3.63) is 267 Å². The van der Waals surface area contributed by atoms with Crippen LogP contribution in [0.4, 0.5) is 18.9 Å². The molecule has 0 unspecified atom stereocenters. The number of aryl methyl sites for hydroxylation is 9. The van der Waals surface area contributed by atoms with Crippen LogP contribution in [0.2, 0.25) is 0 Å². The molecule has 3 nitrogen and oxygen atoms in total. The Morgan fingerprint density at radius 2 is 0.675 bits per heavy atom. The molecule has 11 aromatic carbocycles. The van der Waals surface area contributed by atoms with Crippen LogP contribution in [0.15, 0.2) is 200 Å². The van der Waals surface area contributed by atoms with Crippen LogP contribution in [0.1, 0.15) is 55.6 Å². The molecule has 0 fully saturated rings. The van der Waals surface area contributed by atoms with Crippen molar-refractivity contribution in [1.29, 1.82) is 0 Å². The van der Waals surface area contributed by atoms with Crippen LogP contribution >= 0.6 is 0 Å². The number of benzene rings is 11. The van der Waals surface area contributed by atoms with Crippen molar-refractivity contribution in [2.24, 2.45) is 0 Å². The van der Waals surface area contributed by atoms with E-state index in [2.05, 4.69) is 221 Å². The Labute approximate surface area is 483 Å². The molecule has 2 heterocycles. The number of rotatable bonds is 8. The van der Waals surface area contributed by atoms with E-state index in [1.54, 1.807) is 13.0 Å². The monoisotopic (exact) mass is 1080 g/mol. The summed E-state index contributed by atoms with van der Waals surface area (Å²) in [5.74, 6) is 0. The first kappa shape index (κ1) is 52.7. The third kappa shape index (κ3) is 9.37. The van der Waals surface area contributed by atoms with E-state index < -0.39 is 11.7 Å². The highest BCUT2D eigenvalue weighted by molar-refractivity contribution is 6.14. The average Bonchev–Trinajstić information content (AvgIpc) is 4.14. The van der Waals surface area contributed by atoms with Crippen LogP contribution in [0, 0.1) is 68.9 Å². The summed E-state index contributed by atoms with van der Waals surface area (Å²) in [6, 6.07) is 68.9. The molecule has 0 aliphatic rings. The van der Waals surface area contributed by atoms with Crippen LogP contribution in [-0.4, -0.2) is 9.13 Å². The van der Waals surface area contributed by atoms with Gasteiger partial charge in [0.1, 0.15) is 0 Å². The van der Waals surface area contributed by atoms with E-state index >= 15 is 13.2 Å². The van der Waals surface area contributed by atoms with Crippen molar-refractivity contribution >= 4 is 49.3 Å². The van der Waals surface area contributed by atoms with E-state index in [-0.39, 0.29) is 5.56 Å². The zero-order valence-corrected chi connectivity index (χ0v) is 48.0. The van der Waals surface area contributed by atoms with Gasteiger partial charge in [0.05, 0.1) is 39.9 Å². The summed E-state index contributed by atoms with van der Waals surface area (Å²) in [5, 5.41) is 4.12. The lowest BCUT2D eigenvalue weighted by Gasteiger charge is -2.22. The summed E-state index contributed by atoms with van der Waals surface area (Å²) in [6.07, 6.45) is -4.64. The third-order valence-corrected chi connectivity index (χ3v) is 16.5. The first-order chi connectivity index (χ1) is 39.9. The number of alkyl halides is 3. The highest BCUT2D eigenvalue weighted by Gasteiger charge is 2.35. The maximum atomic E-state index is 15.4. The Morgan fingerprint density at radius 3 is 1.04 bits per heavy atom. The SMILES string of the molecule is [C-]#[N+]c1cccc(-n2c3ccc(-c4cc(C)cc(C)c4)cc3c3cc(-c4cc(C)cc(C)c4)ccc32)c1-c1cc(-c2c(C)cccc2C(F)(F)F)ccc1-n1c2ccc(-c3cc(C)cc(C)c3)cc2c2cc(-c3cc(C)cc(C)c3)ccc21. The summed E-state index contributed by atoms with van der Waals surface area (Å²) in [4.78, 5) is 4.31. The quantitative estimate of drug-likeness (QED) is 0.135. The summed E-state index contributed by atoms with van der Waals surface area (Å²) < 4.78 is 50.6. The normalized spacial score (nSPS) is 11.8. The Morgan fingerprint density at radius 1 is 0.325 bits per heavy atom. The highest BCUT2D eigenvalue weighted by Crippen LogP contribution is 2.49. The first-order valence-corrected chi connectivity index (χ1v) is 28.2. The van der Waals surface area contributed by atoms with Crippen molar-refractivity contribution in [3.63, 3.8) is 0 Å². The van der Waals surface area contributed by atoms with Gasteiger partial charge in [-0.25, -0.2) is 4.85 Å². The number of halogens is 3. The fourth-order valence-electron chi connectivity index (χ4n) is 13.3. The van der Waals surface area contributed by atoms with Crippen molar-refractivity contribution in [3.8, 4) is 78.1 Å². The van der Waals surface area contributed by atoms with Gasteiger partial charge < -0.3 is 9.13 Å². The van der Waals surface area contributed by atoms with Crippen molar-refractivity contribution in [1.82, 2.24) is 9.13 Å². The number of nitrogens with zero attached hydrogens (tertiary/aromatic N) is 3. The fourth-order valence-corrected chi connectivity index (χ4v) is 13.3. The highest BCUT2D eigenvalue weighted by atomic mass is 19.4. The second-order valence-corrected chi connectivity index (χ2v) is 23.1. The lowest BCUT2D eigenvalue weighted by Crippen LogP contribution is -2.08. The van der Waals surface area contributed by atoms with Gasteiger partial charge in [0.15, 0.2) is 5.69 Å². The van der Waals surface area contributed by atoms with E-state index in [1.165, 1.54) is 56.6 Å². The van der Waals surface area contributed by atoms with E-state index in [4.69, 9.17) is 6.57 Å². The minimum absolute atomic E-state index is 0.0998. The maximum absolute atomic E-state index is 15.4. The molecule has 0 bridgehead atoms. The van der Waals surface area contributed by atoms with E-state index in [0.717, 1.165) is 99.5 Å². The molecule has 2 aromatic heterocycles. The molecule has 0 spiro atoms. The molecule has 0 amide bonds. The predicted octanol–water partition coefficient (Wildman–Crippen LogP) is 22.2.